The predicted octanol–water partition coefficient (Wildman–Crippen LogP) is 2.52. The van der Waals surface area contributed by atoms with Gasteiger partial charge in [0.05, 0.1) is 6.61 Å². The van der Waals surface area contributed by atoms with Crippen LogP contribution in [0.4, 0.5) is 4.39 Å². The second-order valence-electron chi connectivity index (χ2n) is 4.34. The molecule has 1 aromatic rings. The van der Waals surface area contributed by atoms with Gasteiger partial charge < -0.3 is 4.74 Å². The first-order valence-electron chi connectivity index (χ1n) is 6.14. The highest BCUT2D eigenvalue weighted by atomic mass is 19.1. The third-order valence-corrected chi connectivity index (χ3v) is 2.96. The molecular weight excluding hydrogens is 233 g/mol. The van der Waals surface area contributed by atoms with Crippen molar-refractivity contribution in [2.45, 2.75) is 33.2 Å². The zero-order chi connectivity index (χ0) is 13.8. The van der Waals surface area contributed by atoms with Crippen molar-refractivity contribution in [2.75, 3.05) is 13.2 Å². The van der Waals surface area contributed by atoms with E-state index in [4.69, 9.17) is 4.74 Å². The molecule has 0 fully saturated rings. The molecule has 0 aliphatic carbocycles. The molecule has 0 saturated carbocycles. The highest BCUT2D eigenvalue weighted by Crippen LogP contribution is 2.24. The molecule has 0 bridgehead atoms. The first-order chi connectivity index (χ1) is 8.45. The fourth-order valence-corrected chi connectivity index (χ4v) is 1.82. The fourth-order valence-electron chi connectivity index (χ4n) is 1.82. The smallest absolute Gasteiger partial charge is 0.330 e. The Hall–Kier alpha value is -1.42. The van der Waals surface area contributed by atoms with Gasteiger partial charge in [-0.2, -0.15) is 0 Å². The highest BCUT2D eigenvalue weighted by Gasteiger charge is 2.36. The summed E-state index contributed by atoms with van der Waals surface area (Å²) in [6.45, 7) is 7.92. The molecule has 0 aliphatic heterocycles. The number of benzene rings is 1. The standard InChI is InChI=1S/C14H20FNO2/c1-5-16-14(4,13(17)18-6-2)11-8-7-10(3)12(15)9-11/h7-9,16H,5-6H2,1-4H3. The summed E-state index contributed by atoms with van der Waals surface area (Å²) in [5.74, 6) is -0.712. The molecule has 1 atom stereocenters. The quantitative estimate of drug-likeness (QED) is 0.819. The van der Waals surface area contributed by atoms with Crippen LogP contribution in [0.1, 0.15) is 31.9 Å². The van der Waals surface area contributed by atoms with Crippen LogP contribution in [0.3, 0.4) is 0 Å². The number of rotatable bonds is 5. The molecule has 0 aromatic heterocycles. The Morgan fingerprint density at radius 1 is 1.44 bits per heavy atom. The molecule has 1 aromatic carbocycles. The van der Waals surface area contributed by atoms with Gasteiger partial charge in [-0.15, -0.1) is 0 Å². The molecule has 1 rings (SSSR count). The van der Waals surface area contributed by atoms with Crippen molar-refractivity contribution in [1.29, 1.82) is 0 Å². The number of halogens is 1. The summed E-state index contributed by atoms with van der Waals surface area (Å²) in [6.07, 6.45) is 0. The lowest BCUT2D eigenvalue weighted by Gasteiger charge is -2.28. The molecular formula is C14H20FNO2. The normalized spacial score (nSPS) is 14.1. The van der Waals surface area contributed by atoms with Crippen molar-refractivity contribution >= 4 is 5.97 Å². The van der Waals surface area contributed by atoms with Crippen LogP contribution >= 0.6 is 0 Å². The molecule has 18 heavy (non-hydrogen) atoms. The van der Waals surface area contributed by atoms with Gasteiger partial charge in [-0.05, 0) is 44.5 Å². The minimum atomic E-state index is -1.01. The van der Waals surface area contributed by atoms with Crippen LogP contribution in [-0.2, 0) is 15.1 Å². The Bertz CT molecular complexity index is 434. The molecule has 0 radical (unpaired) electrons. The first-order valence-corrected chi connectivity index (χ1v) is 6.14. The average Bonchev–Trinajstić information content (AvgIpc) is 2.33. The maximum absolute atomic E-state index is 13.6. The van der Waals surface area contributed by atoms with E-state index in [1.807, 2.05) is 6.92 Å². The predicted molar refractivity (Wildman–Crippen MR) is 68.8 cm³/mol. The summed E-state index contributed by atoms with van der Waals surface area (Å²) in [7, 11) is 0. The van der Waals surface area contributed by atoms with Crippen LogP contribution in [-0.4, -0.2) is 19.1 Å². The highest BCUT2D eigenvalue weighted by molar-refractivity contribution is 5.82. The summed E-state index contributed by atoms with van der Waals surface area (Å²) in [4.78, 5) is 12.0. The number of nitrogens with one attached hydrogen (secondary N) is 1. The van der Waals surface area contributed by atoms with Crippen molar-refractivity contribution < 1.29 is 13.9 Å². The Kier molecular flexibility index (Phi) is 4.84. The van der Waals surface area contributed by atoms with Gasteiger partial charge in [0.15, 0.2) is 0 Å². The van der Waals surface area contributed by atoms with Crippen LogP contribution in [0.5, 0.6) is 0 Å². The number of carbonyl (C=O) groups is 1. The van der Waals surface area contributed by atoms with E-state index in [9.17, 15) is 9.18 Å². The molecule has 1 N–H and O–H groups in total. The minimum Gasteiger partial charge on any atom is -0.464 e. The van der Waals surface area contributed by atoms with Crippen molar-refractivity contribution in [3.05, 3.63) is 35.1 Å². The largest absolute Gasteiger partial charge is 0.464 e. The van der Waals surface area contributed by atoms with Crippen LogP contribution in [0.15, 0.2) is 18.2 Å². The monoisotopic (exact) mass is 253 g/mol. The zero-order valence-corrected chi connectivity index (χ0v) is 11.3. The minimum absolute atomic E-state index is 0.300. The van der Waals surface area contributed by atoms with E-state index in [0.29, 0.717) is 24.3 Å². The Morgan fingerprint density at radius 3 is 2.61 bits per heavy atom. The van der Waals surface area contributed by atoms with Crippen LogP contribution in [0.25, 0.3) is 0 Å². The van der Waals surface area contributed by atoms with E-state index < -0.39 is 11.5 Å². The van der Waals surface area contributed by atoms with Crippen molar-refractivity contribution in [3.8, 4) is 0 Å². The van der Waals surface area contributed by atoms with Gasteiger partial charge in [0.1, 0.15) is 11.4 Å². The van der Waals surface area contributed by atoms with E-state index in [1.165, 1.54) is 6.07 Å². The zero-order valence-electron chi connectivity index (χ0n) is 11.3. The number of esters is 1. The summed E-state index contributed by atoms with van der Waals surface area (Å²) in [5.41, 5.74) is 0.117. The van der Waals surface area contributed by atoms with Crippen molar-refractivity contribution in [1.82, 2.24) is 5.32 Å². The summed E-state index contributed by atoms with van der Waals surface area (Å²) in [6, 6.07) is 4.80. The van der Waals surface area contributed by atoms with Gasteiger partial charge in [-0.1, -0.05) is 19.1 Å². The van der Waals surface area contributed by atoms with Crippen molar-refractivity contribution in [2.24, 2.45) is 0 Å². The molecule has 0 spiro atoms. The number of aryl methyl sites for hydroxylation is 1. The molecule has 3 nitrogen and oxygen atoms in total. The Morgan fingerprint density at radius 2 is 2.11 bits per heavy atom. The van der Waals surface area contributed by atoms with Gasteiger partial charge in [0.2, 0.25) is 0 Å². The van der Waals surface area contributed by atoms with E-state index in [-0.39, 0.29) is 5.82 Å². The lowest BCUT2D eigenvalue weighted by molar-refractivity contribution is -0.151. The number of likely N-dealkylation sites (N-methyl/N-ethyl adjacent to an activating group) is 1. The van der Waals surface area contributed by atoms with E-state index >= 15 is 0 Å². The fraction of sp³-hybridized carbons (Fsp3) is 0.500. The van der Waals surface area contributed by atoms with Crippen LogP contribution in [0, 0.1) is 12.7 Å². The third kappa shape index (κ3) is 2.88. The second-order valence-corrected chi connectivity index (χ2v) is 4.34. The SMILES string of the molecule is CCNC(C)(C(=O)OCC)c1ccc(C)c(F)c1. The summed E-state index contributed by atoms with van der Waals surface area (Å²) >= 11 is 0. The van der Waals surface area contributed by atoms with Gasteiger partial charge >= 0.3 is 5.97 Å². The summed E-state index contributed by atoms with van der Waals surface area (Å²) < 4.78 is 18.7. The number of hydrogen-bond donors (Lipinski definition) is 1. The van der Waals surface area contributed by atoms with Gasteiger partial charge in [-0.25, -0.2) is 9.18 Å². The lowest BCUT2D eigenvalue weighted by atomic mass is 9.91. The molecule has 100 valence electrons. The van der Waals surface area contributed by atoms with Gasteiger partial charge in [-0.3, -0.25) is 5.32 Å². The van der Waals surface area contributed by atoms with Gasteiger partial charge in [0.25, 0.3) is 0 Å². The molecule has 0 aliphatic rings. The van der Waals surface area contributed by atoms with Crippen molar-refractivity contribution in [3.63, 3.8) is 0 Å². The van der Waals surface area contributed by atoms with Crippen LogP contribution < -0.4 is 5.32 Å². The molecule has 4 heteroatoms. The second kappa shape index (κ2) is 5.96. The summed E-state index contributed by atoms with van der Waals surface area (Å²) in [5, 5.41) is 3.07. The van der Waals surface area contributed by atoms with E-state index in [2.05, 4.69) is 5.32 Å². The average molecular weight is 253 g/mol. The van der Waals surface area contributed by atoms with E-state index in [0.717, 1.165) is 0 Å². The number of hydrogen-bond acceptors (Lipinski definition) is 3. The van der Waals surface area contributed by atoms with E-state index in [1.54, 1.807) is 32.9 Å². The molecule has 0 heterocycles. The Balaban J connectivity index is 3.17. The molecule has 0 saturated heterocycles. The third-order valence-electron chi connectivity index (χ3n) is 2.96. The topological polar surface area (TPSA) is 38.3 Å². The maximum atomic E-state index is 13.6. The number of ether oxygens (including phenoxy) is 1. The maximum Gasteiger partial charge on any atom is 0.330 e. The molecule has 1 unspecified atom stereocenters. The molecule has 0 amide bonds. The lowest BCUT2D eigenvalue weighted by Crippen LogP contribution is -2.47. The number of carbonyl (C=O) groups excluding carboxylic acids is 1. The Labute approximate surface area is 107 Å². The van der Waals surface area contributed by atoms with Crippen LogP contribution in [0.2, 0.25) is 0 Å². The van der Waals surface area contributed by atoms with Gasteiger partial charge in [0, 0.05) is 0 Å². The first kappa shape index (κ1) is 14.6.